The zero-order valence-electron chi connectivity index (χ0n) is 13.0. The van der Waals surface area contributed by atoms with Crippen molar-refractivity contribution >= 4 is 17.7 Å². The summed E-state index contributed by atoms with van der Waals surface area (Å²) in [4.78, 5) is 22.6. The van der Waals surface area contributed by atoms with Gasteiger partial charge < -0.3 is 20.3 Å². The van der Waals surface area contributed by atoms with Crippen molar-refractivity contribution in [2.45, 2.75) is 6.54 Å². The van der Waals surface area contributed by atoms with Crippen molar-refractivity contribution in [1.29, 1.82) is 0 Å². The van der Waals surface area contributed by atoms with E-state index in [1.807, 2.05) is 4.90 Å². The Hall–Kier alpha value is -2.74. The van der Waals surface area contributed by atoms with Gasteiger partial charge in [0.05, 0.1) is 31.1 Å². The summed E-state index contributed by atoms with van der Waals surface area (Å²) in [5.41, 5.74) is 0.807. The third-order valence-electron chi connectivity index (χ3n) is 3.55. The van der Waals surface area contributed by atoms with Gasteiger partial charge >= 0.3 is 6.03 Å². The normalized spacial score (nSPS) is 14.3. The molecule has 0 saturated carbocycles. The van der Waals surface area contributed by atoms with Crippen LogP contribution >= 0.6 is 0 Å². The first kappa shape index (κ1) is 16.1. The Morgan fingerprint density at radius 1 is 1.25 bits per heavy atom. The molecule has 3 rings (SSSR count). The summed E-state index contributed by atoms with van der Waals surface area (Å²) < 4.78 is 18.8. The number of ether oxygens (including phenoxy) is 1. The first-order valence-electron chi connectivity index (χ1n) is 7.66. The number of morpholine rings is 1. The maximum absolute atomic E-state index is 13.5. The summed E-state index contributed by atoms with van der Waals surface area (Å²) in [6.45, 7) is 3.00. The van der Waals surface area contributed by atoms with Gasteiger partial charge in [-0.25, -0.2) is 19.2 Å². The Kier molecular flexibility index (Phi) is 5.17. The summed E-state index contributed by atoms with van der Waals surface area (Å²) >= 11 is 0. The number of halogens is 1. The molecule has 7 nitrogen and oxygen atoms in total. The van der Waals surface area contributed by atoms with Crippen molar-refractivity contribution in [2.24, 2.45) is 0 Å². The number of nitrogens with one attached hydrogen (secondary N) is 2. The Morgan fingerprint density at radius 2 is 2.04 bits per heavy atom. The molecule has 1 saturated heterocycles. The van der Waals surface area contributed by atoms with Crippen LogP contribution in [0.1, 0.15) is 5.69 Å². The minimum Gasteiger partial charge on any atom is -0.378 e. The first-order valence-corrected chi connectivity index (χ1v) is 7.66. The van der Waals surface area contributed by atoms with Crippen LogP contribution < -0.4 is 15.5 Å². The minimum atomic E-state index is -0.494. The molecule has 1 aliphatic heterocycles. The fourth-order valence-corrected chi connectivity index (χ4v) is 2.30. The number of hydrogen-bond donors (Lipinski definition) is 2. The number of para-hydroxylation sites is 1. The van der Waals surface area contributed by atoms with E-state index >= 15 is 0 Å². The van der Waals surface area contributed by atoms with Gasteiger partial charge in [0.15, 0.2) is 0 Å². The number of benzene rings is 1. The van der Waals surface area contributed by atoms with Crippen LogP contribution in [0.5, 0.6) is 0 Å². The van der Waals surface area contributed by atoms with Crippen LogP contribution in [0.3, 0.4) is 0 Å². The molecule has 1 fully saturated rings. The van der Waals surface area contributed by atoms with E-state index in [9.17, 15) is 9.18 Å². The van der Waals surface area contributed by atoms with E-state index in [1.165, 1.54) is 12.1 Å². The average Bonchev–Trinajstić information content (AvgIpc) is 2.63. The SMILES string of the molecule is O=C(NCc1ccnc(N2CCOCC2)n1)Nc1ccccc1F. The van der Waals surface area contributed by atoms with E-state index in [0.29, 0.717) is 24.9 Å². The van der Waals surface area contributed by atoms with Crippen molar-refractivity contribution in [2.75, 3.05) is 36.5 Å². The topological polar surface area (TPSA) is 79.4 Å². The predicted octanol–water partition coefficient (Wildman–Crippen LogP) is 1.77. The van der Waals surface area contributed by atoms with Crippen LogP contribution in [-0.2, 0) is 11.3 Å². The molecule has 2 aromatic rings. The third-order valence-corrected chi connectivity index (χ3v) is 3.55. The van der Waals surface area contributed by atoms with Crippen molar-refractivity contribution in [3.63, 3.8) is 0 Å². The van der Waals surface area contributed by atoms with Gasteiger partial charge in [0.2, 0.25) is 5.95 Å². The van der Waals surface area contributed by atoms with E-state index in [0.717, 1.165) is 13.1 Å². The Bertz CT molecular complexity index is 706. The molecule has 1 aliphatic rings. The Morgan fingerprint density at radius 3 is 2.83 bits per heavy atom. The van der Waals surface area contributed by atoms with E-state index in [2.05, 4.69) is 20.6 Å². The van der Waals surface area contributed by atoms with E-state index in [-0.39, 0.29) is 12.2 Å². The molecule has 0 spiro atoms. The number of nitrogens with zero attached hydrogens (tertiary/aromatic N) is 3. The molecule has 2 heterocycles. The highest BCUT2D eigenvalue weighted by atomic mass is 19.1. The number of hydrogen-bond acceptors (Lipinski definition) is 5. The lowest BCUT2D eigenvalue weighted by atomic mass is 10.3. The lowest BCUT2D eigenvalue weighted by Crippen LogP contribution is -2.37. The maximum Gasteiger partial charge on any atom is 0.319 e. The molecule has 24 heavy (non-hydrogen) atoms. The second-order valence-electron chi connectivity index (χ2n) is 5.23. The van der Waals surface area contributed by atoms with Gasteiger partial charge in [-0.3, -0.25) is 0 Å². The summed E-state index contributed by atoms with van der Waals surface area (Å²) in [5, 5.41) is 5.12. The van der Waals surface area contributed by atoms with E-state index in [4.69, 9.17) is 4.74 Å². The molecule has 2 amide bonds. The zero-order valence-corrected chi connectivity index (χ0v) is 13.0. The average molecular weight is 331 g/mol. The first-order chi connectivity index (χ1) is 11.7. The quantitative estimate of drug-likeness (QED) is 0.893. The molecule has 0 unspecified atom stereocenters. The van der Waals surface area contributed by atoms with Crippen LogP contribution in [0.15, 0.2) is 36.5 Å². The summed E-state index contributed by atoms with van der Waals surface area (Å²) in [7, 11) is 0. The second kappa shape index (κ2) is 7.69. The van der Waals surface area contributed by atoms with Gasteiger partial charge in [-0.1, -0.05) is 12.1 Å². The maximum atomic E-state index is 13.5. The zero-order chi connectivity index (χ0) is 16.8. The van der Waals surface area contributed by atoms with Crippen molar-refractivity contribution < 1.29 is 13.9 Å². The highest BCUT2D eigenvalue weighted by Crippen LogP contribution is 2.12. The number of urea groups is 1. The molecular formula is C16H18FN5O2. The fourth-order valence-electron chi connectivity index (χ4n) is 2.30. The molecule has 126 valence electrons. The Balaban J connectivity index is 1.56. The van der Waals surface area contributed by atoms with Gasteiger partial charge in [0.1, 0.15) is 5.82 Å². The van der Waals surface area contributed by atoms with Crippen LogP contribution in [0, 0.1) is 5.82 Å². The number of aromatic nitrogens is 2. The van der Waals surface area contributed by atoms with Crippen LogP contribution in [0.4, 0.5) is 20.8 Å². The monoisotopic (exact) mass is 331 g/mol. The third kappa shape index (κ3) is 4.17. The lowest BCUT2D eigenvalue weighted by molar-refractivity contribution is 0.122. The van der Waals surface area contributed by atoms with Gasteiger partial charge in [0, 0.05) is 19.3 Å². The van der Waals surface area contributed by atoms with Crippen LogP contribution in [0.25, 0.3) is 0 Å². The number of carbonyl (C=O) groups excluding carboxylic acids is 1. The molecule has 2 N–H and O–H groups in total. The van der Waals surface area contributed by atoms with E-state index in [1.54, 1.807) is 24.4 Å². The second-order valence-corrected chi connectivity index (χ2v) is 5.23. The molecule has 0 bridgehead atoms. The summed E-state index contributed by atoms with van der Waals surface area (Å²) in [5.74, 6) is 0.136. The van der Waals surface area contributed by atoms with Gasteiger partial charge in [-0.15, -0.1) is 0 Å². The van der Waals surface area contributed by atoms with Crippen molar-refractivity contribution in [3.05, 3.63) is 48.0 Å². The molecular weight excluding hydrogens is 313 g/mol. The predicted molar refractivity (Wildman–Crippen MR) is 87.3 cm³/mol. The van der Waals surface area contributed by atoms with Crippen molar-refractivity contribution in [3.8, 4) is 0 Å². The fraction of sp³-hybridized carbons (Fsp3) is 0.312. The van der Waals surface area contributed by atoms with Gasteiger partial charge in [0.25, 0.3) is 0 Å². The number of amides is 2. The Labute approximate surface area is 138 Å². The van der Waals surface area contributed by atoms with Crippen molar-refractivity contribution in [1.82, 2.24) is 15.3 Å². The molecule has 0 radical (unpaired) electrons. The summed E-state index contributed by atoms with van der Waals surface area (Å²) in [6, 6.07) is 7.23. The molecule has 0 aliphatic carbocycles. The largest absolute Gasteiger partial charge is 0.378 e. The standard InChI is InChI=1S/C16H18FN5O2/c17-13-3-1-2-4-14(13)21-16(23)19-11-12-5-6-18-15(20-12)22-7-9-24-10-8-22/h1-6H,7-11H2,(H2,19,21,23). The molecule has 1 aromatic carbocycles. The van der Waals surface area contributed by atoms with Gasteiger partial charge in [-0.2, -0.15) is 0 Å². The smallest absolute Gasteiger partial charge is 0.319 e. The van der Waals surface area contributed by atoms with E-state index < -0.39 is 11.8 Å². The molecule has 1 aromatic heterocycles. The lowest BCUT2D eigenvalue weighted by Gasteiger charge is -2.26. The van der Waals surface area contributed by atoms with Crippen LogP contribution in [0.2, 0.25) is 0 Å². The van der Waals surface area contributed by atoms with Gasteiger partial charge in [-0.05, 0) is 18.2 Å². The number of carbonyl (C=O) groups is 1. The molecule has 0 atom stereocenters. The highest BCUT2D eigenvalue weighted by Gasteiger charge is 2.14. The highest BCUT2D eigenvalue weighted by molar-refractivity contribution is 5.89. The number of rotatable bonds is 4. The van der Waals surface area contributed by atoms with Crippen LogP contribution in [-0.4, -0.2) is 42.3 Å². The molecule has 8 heteroatoms. The summed E-state index contributed by atoms with van der Waals surface area (Å²) in [6.07, 6.45) is 1.66. The number of anilines is 2. The minimum absolute atomic E-state index is 0.131.